The second kappa shape index (κ2) is 8.62. The number of carbonyl (C=O) groups is 1. The van der Waals surface area contributed by atoms with E-state index in [1.807, 2.05) is 30.1 Å². The molecule has 0 radical (unpaired) electrons. The van der Waals surface area contributed by atoms with Gasteiger partial charge in [-0.1, -0.05) is 6.07 Å². The van der Waals surface area contributed by atoms with Crippen molar-refractivity contribution in [1.82, 2.24) is 14.9 Å². The first kappa shape index (κ1) is 20.8. The minimum atomic E-state index is -0.461. The monoisotopic (exact) mass is 417 g/mol. The maximum Gasteiger partial charge on any atom is 0.348 e. The standard InChI is InChI=1S/C20H23N3O5S/c1-11-16-18(24)21-15(22-19(16)29-17(11)20(25)28-5)10-23(2)9-12-6-7-13(26-3)14(8-12)27-4/h6-8H,9-10H2,1-5H3,(H,21,22,24). The second-order valence-corrected chi connectivity index (χ2v) is 7.60. The molecular weight excluding hydrogens is 394 g/mol. The summed E-state index contributed by atoms with van der Waals surface area (Å²) in [6, 6.07) is 5.74. The predicted octanol–water partition coefficient (Wildman–Crippen LogP) is 2.73. The van der Waals surface area contributed by atoms with E-state index >= 15 is 0 Å². The number of hydrogen-bond donors (Lipinski definition) is 1. The quantitative estimate of drug-likeness (QED) is 0.591. The van der Waals surface area contributed by atoms with Crippen molar-refractivity contribution >= 4 is 27.5 Å². The Morgan fingerprint density at radius 1 is 1.17 bits per heavy atom. The van der Waals surface area contributed by atoms with Crippen LogP contribution in [-0.4, -0.2) is 49.2 Å². The maximum atomic E-state index is 12.5. The number of nitrogens with zero attached hydrogens (tertiary/aromatic N) is 2. The molecule has 0 saturated carbocycles. The van der Waals surface area contributed by atoms with E-state index in [1.54, 1.807) is 21.1 Å². The summed E-state index contributed by atoms with van der Waals surface area (Å²) >= 11 is 1.17. The highest BCUT2D eigenvalue weighted by molar-refractivity contribution is 7.20. The number of aromatic amines is 1. The summed E-state index contributed by atoms with van der Waals surface area (Å²) in [5.74, 6) is 1.40. The Labute approximate surface area is 172 Å². The van der Waals surface area contributed by atoms with Crippen molar-refractivity contribution in [3.05, 3.63) is 50.4 Å². The van der Waals surface area contributed by atoms with E-state index in [4.69, 9.17) is 14.2 Å². The molecule has 154 valence electrons. The topological polar surface area (TPSA) is 93.8 Å². The zero-order valence-corrected chi connectivity index (χ0v) is 17.8. The summed E-state index contributed by atoms with van der Waals surface area (Å²) in [7, 11) is 6.44. The number of esters is 1. The molecule has 9 heteroatoms. The van der Waals surface area contributed by atoms with Gasteiger partial charge in [-0.05, 0) is 37.2 Å². The number of fused-ring (bicyclic) bond motifs is 1. The van der Waals surface area contributed by atoms with Crippen LogP contribution in [0.2, 0.25) is 0 Å². The first-order valence-corrected chi connectivity index (χ1v) is 9.69. The molecule has 0 saturated heterocycles. The molecule has 0 aliphatic heterocycles. The van der Waals surface area contributed by atoms with Gasteiger partial charge in [-0.25, -0.2) is 9.78 Å². The Kier molecular flexibility index (Phi) is 6.19. The number of aromatic nitrogens is 2. The number of H-pyrrole nitrogens is 1. The van der Waals surface area contributed by atoms with Crippen molar-refractivity contribution in [2.75, 3.05) is 28.4 Å². The number of benzene rings is 1. The molecule has 8 nitrogen and oxygen atoms in total. The molecule has 2 aromatic heterocycles. The molecule has 0 aliphatic carbocycles. The van der Waals surface area contributed by atoms with Crippen LogP contribution >= 0.6 is 11.3 Å². The van der Waals surface area contributed by atoms with Crippen molar-refractivity contribution in [1.29, 1.82) is 0 Å². The van der Waals surface area contributed by atoms with Crippen molar-refractivity contribution < 1.29 is 19.0 Å². The van der Waals surface area contributed by atoms with Crippen molar-refractivity contribution in [3.8, 4) is 11.5 Å². The van der Waals surface area contributed by atoms with Gasteiger partial charge in [-0.2, -0.15) is 0 Å². The molecule has 0 spiro atoms. The Bertz CT molecular complexity index is 1110. The number of rotatable bonds is 7. The van der Waals surface area contributed by atoms with Gasteiger partial charge in [0.15, 0.2) is 11.5 Å². The lowest BCUT2D eigenvalue weighted by Gasteiger charge is -2.17. The van der Waals surface area contributed by atoms with E-state index in [0.29, 0.717) is 51.1 Å². The van der Waals surface area contributed by atoms with E-state index in [1.165, 1.54) is 18.4 Å². The van der Waals surface area contributed by atoms with Crippen molar-refractivity contribution in [3.63, 3.8) is 0 Å². The van der Waals surface area contributed by atoms with Crippen LogP contribution in [0.1, 0.15) is 26.6 Å². The number of hydrogen-bond acceptors (Lipinski definition) is 8. The smallest absolute Gasteiger partial charge is 0.348 e. The van der Waals surface area contributed by atoms with Crippen LogP contribution in [0.5, 0.6) is 11.5 Å². The van der Waals surface area contributed by atoms with E-state index in [9.17, 15) is 9.59 Å². The molecule has 0 amide bonds. The highest BCUT2D eigenvalue weighted by Gasteiger charge is 2.20. The van der Waals surface area contributed by atoms with Crippen molar-refractivity contribution in [2.45, 2.75) is 20.0 Å². The third-order valence-electron chi connectivity index (χ3n) is 4.54. The van der Waals surface area contributed by atoms with Gasteiger partial charge in [0.25, 0.3) is 5.56 Å². The minimum absolute atomic E-state index is 0.256. The first-order chi connectivity index (χ1) is 13.9. The minimum Gasteiger partial charge on any atom is -0.493 e. The van der Waals surface area contributed by atoms with E-state index in [0.717, 1.165) is 5.56 Å². The summed E-state index contributed by atoms with van der Waals surface area (Å²) < 4.78 is 15.4. The zero-order valence-electron chi connectivity index (χ0n) is 17.0. The molecule has 0 aliphatic rings. The maximum absolute atomic E-state index is 12.5. The molecule has 1 N–H and O–H groups in total. The summed E-state index contributed by atoms with van der Waals surface area (Å²) in [5, 5.41) is 0.432. The average molecular weight is 417 g/mol. The molecule has 2 heterocycles. The fourth-order valence-corrected chi connectivity index (χ4v) is 4.27. The summed E-state index contributed by atoms with van der Waals surface area (Å²) in [4.78, 5) is 34.8. The van der Waals surface area contributed by atoms with Gasteiger partial charge in [0.1, 0.15) is 15.5 Å². The van der Waals surface area contributed by atoms with Crippen LogP contribution in [0.25, 0.3) is 10.2 Å². The van der Waals surface area contributed by atoms with Gasteiger partial charge in [0, 0.05) is 6.54 Å². The van der Waals surface area contributed by atoms with Gasteiger partial charge in [-0.3, -0.25) is 9.69 Å². The van der Waals surface area contributed by atoms with Gasteiger partial charge in [0.05, 0.1) is 33.3 Å². The summed E-state index contributed by atoms with van der Waals surface area (Å²) in [5.41, 5.74) is 1.37. The molecule has 0 unspecified atom stereocenters. The fraction of sp³-hybridized carbons (Fsp3) is 0.350. The fourth-order valence-electron chi connectivity index (χ4n) is 3.15. The van der Waals surface area contributed by atoms with Gasteiger partial charge >= 0.3 is 5.97 Å². The Hall–Kier alpha value is -2.91. The molecule has 0 fully saturated rings. The van der Waals surface area contributed by atoms with Crippen molar-refractivity contribution in [2.24, 2.45) is 0 Å². The molecule has 0 atom stereocenters. The predicted molar refractivity (Wildman–Crippen MR) is 111 cm³/mol. The Balaban J connectivity index is 1.82. The molecule has 1 aromatic carbocycles. The zero-order chi connectivity index (χ0) is 21.1. The first-order valence-electron chi connectivity index (χ1n) is 8.88. The SMILES string of the molecule is COC(=O)c1sc2nc(CN(C)Cc3ccc(OC)c(OC)c3)[nH]c(=O)c2c1C. The van der Waals surface area contributed by atoms with E-state index in [2.05, 4.69) is 9.97 Å². The molecule has 3 rings (SSSR count). The lowest BCUT2D eigenvalue weighted by atomic mass is 10.2. The number of methoxy groups -OCH3 is 3. The van der Waals surface area contributed by atoms with Crippen LogP contribution in [0, 0.1) is 6.92 Å². The van der Waals surface area contributed by atoms with Crippen LogP contribution in [0.15, 0.2) is 23.0 Å². The van der Waals surface area contributed by atoms with Gasteiger partial charge < -0.3 is 19.2 Å². The van der Waals surface area contributed by atoms with Crippen LogP contribution in [0.4, 0.5) is 0 Å². The normalized spacial score (nSPS) is 11.1. The molecule has 3 aromatic rings. The van der Waals surface area contributed by atoms with Crippen LogP contribution in [-0.2, 0) is 17.8 Å². The molecule has 29 heavy (non-hydrogen) atoms. The number of ether oxygens (including phenoxy) is 3. The Morgan fingerprint density at radius 3 is 2.55 bits per heavy atom. The molecule has 0 bridgehead atoms. The third-order valence-corrected chi connectivity index (χ3v) is 5.71. The summed E-state index contributed by atoms with van der Waals surface area (Å²) in [6.45, 7) is 2.79. The van der Waals surface area contributed by atoms with Gasteiger partial charge in [-0.15, -0.1) is 11.3 Å². The van der Waals surface area contributed by atoms with Gasteiger partial charge in [0.2, 0.25) is 0 Å². The van der Waals surface area contributed by atoms with E-state index in [-0.39, 0.29) is 5.56 Å². The third kappa shape index (κ3) is 4.25. The molecular formula is C20H23N3O5S. The van der Waals surface area contributed by atoms with Crippen LogP contribution in [0.3, 0.4) is 0 Å². The van der Waals surface area contributed by atoms with Crippen LogP contribution < -0.4 is 15.0 Å². The lowest BCUT2D eigenvalue weighted by molar-refractivity contribution is 0.0605. The highest BCUT2D eigenvalue weighted by Crippen LogP contribution is 2.29. The number of thiophene rings is 1. The second-order valence-electron chi connectivity index (χ2n) is 6.60. The number of carbonyl (C=O) groups excluding carboxylic acids is 1. The largest absolute Gasteiger partial charge is 0.493 e. The number of nitrogens with one attached hydrogen (secondary N) is 1. The number of aryl methyl sites for hydroxylation is 1. The average Bonchev–Trinajstić information content (AvgIpc) is 3.03. The Morgan fingerprint density at radius 2 is 1.90 bits per heavy atom. The summed E-state index contributed by atoms with van der Waals surface area (Å²) in [6.07, 6.45) is 0. The van der Waals surface area contributed by atoms with E-state index < -0.39 is 5.97 Å². The lowest BCUT2D eigenvalue weighted by Crippen LogP contribution is -2.21. The highest BCUT2D eigenvalue weighted by atomic mass is 32.1.